The fraction of sp³-hybridized carbons (Fsp3) is 0.0638. The molecule has 0 fully saturated rings. The van der Waals surface area contributed by atoms with Crippen LogP contribution in [0.3, 0.4) is 0 Å². The van der Waals surface area contributed by atoms with Gasteiger partial charge in [-0.15, -0.1) is 11.3 Å². The fourth-order valence-electron chi connectivity index (χ4n) is 7.55. The van der Waals surface area contributed by atoms with Crippen molar-refractivity contribution in [3.05, 3.63) is 187 Å². The monoisotopic (exact) mass is 645 g/mol. The number of nitrogens with zero attached hydrogens (tertiary/aromatic N) is 1. The van der Waals surface area contributed by atoms with Crippen LogP contribution in [-0.4, -0.2) is 0 Å². The van der Waals surface area contributed by atoms with Crippen LogP contribution in [0.25, 0.3) is 54.1 Å². The van der Waals surface area contributed by atoms with Crippen molar-refractivity contribution in [1.29, 1.82) is 0 Å². The van der Waals surface area contributed by atoms with E-state index in [-0.39, 0.29) is 5.41 Å². The SMILES string of the molecule is CC1(C)C(c2ccc(N(c3ccc(-c4ccccc4)cc3)c3ccc(-c4cccc5c4sc4ccccc45)cc3)cc2)=Cc2ccccc21. The first-order valence-corrected chi connectivity index (χ1v) is 17.7. The van der Waals surface area contributed by atoms with Gasteiger partial charge >= 0.3 is 0 Å². The Labute approximate surface area is 292 Å². The van der Waals surface area contributed by atoms with E-state index < -0.39 is 0 Å². The molecule has 0 radical (unpaired) electrons. The van der Waals surface area contributed by atoms with Gasteiger partial charge in [0, 0.05) is 42.6 Å². The van der Waals surface area contributed by atoms with Gasteiger partial charge in [-0.3, -0.25) is 0 Å². The van der Waals surface area contributed by atoms with Crippen LogP contribution >= 0.6 is 11.3 Å². The molecule has 0 saturated heterocycles. The number of hydrogen-bond donors (Lipinski definition) is 0. The first-order chi connectivity index (χ1) is 24.0. The third-order valence-electron chi connectivity index (χ3n) is 10.1. The molecule has 7 aromatic carbocycles. The van der Waals surface area contributed by atoms with Crippen molar-refractivity contribution in [3.63, 3.8) is 0 Å². The highest BCUT2D eigenvalue weighted by molar-refractivity contribution is 7.26. The lowest BCUT2D eigenvalue weighted by Crippen LogP contribution is -2.16. The number of hydrogen-bond acceptors (Lipinski definition) is 2. The lowest BCUT2D eigenvalue weighted by molar-refractivity contribution is 0.704. The van der Waals surface area contributed by atoms with Crippen LogP contribution < -0.4 is 4.90 Å². The van der Waals surface area contributed by atoms with E-state index >= 15 is 0 Å². The molecular weight excluding hydrogens is 611 g/mol. The van der Waals surface area contributed by atoms with Gasteiger partial charge in [0.15, 0.2) is 0 Å². The smallest absolute Gasteiger partial charge is 0.0462 e. The molecule has 0 aliphatic heterocycles. The van der Waals surface area contributed by atoms with Gasteiger partial charge in [-0.1, -0.05) is 141 Å². The second-order valence-electron chi connectivity index (χ2n) is 13.4. The van der Waals surface area contributed by atoms with Crippen molar-refractivity contribution in [1.82, 2.24) is 0 Å². The maximum absolute atomic E-state index is 2.37. The first-order valence-electron chi connectivity index (χ1n) is 16.9. The third-order valence-corrected chi connectivity index (χ3v) is 11.3. The van der Waals surface area contributed by atoms with Crippen molar-refractivity contribution >= 4 is 60.2 Å². The highest BCUT2D eigenvalue weighted by Gasteiger charge is 2.33. The van der Waals surface area contributed by atoms with Crippen LogP contribution in [0.5, 0.6) is 0 Å². The number of rotatable bonds is 6. The lowest BCUT2D eigenvalue weighted by Gasteiger charge is -2.28. The maximum Gasteiger partial charge on any atom is 0.0462 e. The number of benzene rings is 7. The number of fused-ring (bicyclic) bond motifs is 4. The summed E-state index contributed by atoms with van der Waals surface area (Å²) in [6.45, 7) is 4.67. The fourth-order valence-corrected chi connectivity index (χ4v) is 8.79. The van der Waals surface area contributed by atoms with E-state index in [1.54, 1.807) is 0 Å². The lowest BCUT2D eigenvalue weighted by atomic mass is 9.78. The van der Waals surface area contributed by atoms with Crippen molar-refractivity contribution in [2.45, 2.75) is 19.3 Å². The minimum absolute atomic E-state index is 0.0435. The Bertz CT molecular complexity index is 2480. The van der Waals surface area contributed by atoms with E-state index in [9.17, 15) is 0 Å². The maximum atomic E-state index is 2.37. The third kappa shape index (κ3) is 5.08. The summed E-state index contributed by atoms with van der Waals surface area (Å²) in [4.78, 5) is 2.37. The van der Waals surface area contributed by atoms with Crippen LogP contribution in [-0.2, 0) is 5.41 Å². The molecular formula is C47H35NS. The molecule has 0 saturated carbocycles. The normalized spacial score (nSPS) is 13.4. The summed E-state index contributed by atoms with van der Waals surface area (Å²) in [6.07, 6.45) is 2.36. The summed E-state index contributed by atoms with van der Waals surface area (Å²) in [5, 5.41) is 2.65. The van der Waals surface area contributed by atoms with Crippen molar-refractivity contribution < 1.29 is 0 Å². The molecule has 1 heterocycles. The largest absolute Gasteiger partial charge is 0.311 e. The summed E-state index contributed by atoms with van der Waals surface area (Å²) in [5.41, 5.74) is 13.6. The van der Waals surface area contributed by atoms with Gasteiger partial charge in [-0.25, -0.2) is 0 Å². The standard InChI is InChI=1S/C47H35NS/c1-47(2)43-17-8-6-13-36(43)31-44(47)35-23-29-39(30-24-35)48(37-25-19-33(20-26-37)32-11-4-3-5-12-32)38-27-21-34(22-28-38)40-15-10-16-42-41-14-7-9-18-45(41)49-46(40)42/h3-31H,1-2H3. The molecule has 0 unspecified atom stereocenters. The van der Waals surface area contributed by atoms with Gasteiger partial charge in [-0.05, 0) is 93.1 Å². The van der Waals surface area contributed by atoms with E-state index in [0.717, 1.165) is 17.1 Å². The van der Waals surface area contributed by atoms with Gasteiger partial charge in [0.2, 0.25) is 0 Å². The molecule has 1 aliphatic rings. The molecule has 9 rings (SSSR count). The van der Waals surface area contributed by atoms with E-state index in [2.05, 4.69) is 195 Å². The van der Waals surface area contributed by atoms with E-state index in [0.29, 0.717) is 0 Å². The molecule has 1 aliphatic carbocycles. The highest BCUT2D eigenvalue weighted by Crippen LogP contribution is 2.47. The van der Waals surface area contributed by atoms with Gasteiger partial charge in [0.1, 0.15) is 0 Å². The van der Waals surface area contributed by atoms with Crippen LogP contribution in [0.15, 0.2) is 170 Å². The summed E-state index contributed by atoms with van der Waals surface area (Å²) in [7, 11) is 0. The Hall–Kier alpha value is -5.70. The average Bonchev–Trinajstić information content (AvgIpc) is 3.67. The van der Waals surface area contributed by atoms with Crippen molar-refractivity contribution in [2.24, 2.45) is 0 Å². The summed E-state index contributed by atoms with van der Waals surface area (Å²) in [5.74, 6) is 0. The number of thiophene rings is 1. The summed E-state index contributed by atoms with van der Waals surface area (Å²) >= 11 is 1.88. The molecule has 8 aromatic rings. The minimum atomic E-state index is -0.0435. The van der Waals surface area contributed by atoms with Gasteiger partial charge in [0.05, 0.1) is 0 Å². The van der Waals surface area contributed by atoms with E-state index in [1.165, 1.54) is 64.7 Å². The predicted octanol–water partition coefficient (Wildman–Crippen LogP) is 13.7. The zero-order valence-electron chi connectivity index (χ0n) is 27.6. The molecule has 49 heavy (non-hydrogen) atoms. The quantitative estimate of drug-likeness (QED) is 0.174. The van der Waals surface area contributed by atoms with Gasteiger partial charge in [-0.2, -0.15) is 0 Å². The molecule has 0 bridgehead atoms. The highest BCUT2D eigenvalue weighted by atomic mass is 32.1. The Balaban J connectivity index is 1.11. The van der Waals surface area contributed by atoms with Crippen molar-refractivity contribution in [3.8, 4) is 22.3 Å². The van der Waals surface area contributed by atoms with Crippen LogP contribution in [0.1, 0.15) is 30.5 Å². The summed E-state index contributed by atoms with van der Waals surface area (Å²) < 4.78 is 2.67. The molecule has 0 amide bonds. The Morgan fingerprint density at radius 2 is 1.00 bits per heavy atom. The second-order valence-corrected chi connectivity index (χ2v) is 14.4. The molecule has 1 aromatic heterocycles. The number of anilines is 3. The first kappa shape index (κ1) is 29.4. The Kier molecular flexibility index (Phi) is 7.07. The van der Waals surface area contributed by atoms with Gasteiger partial charge in [0.25, 0.3) is 0 Å². The molecule has 1 nitrogen and oxygen atoms in total. The Morgan fingerprint density at radius 3 is 1.69 bits per heavy atom. The van der Waals surface area contributed by atoms with Gasteiger partial charge < -0.3 is 4.90 Å². The van der Waals surface area contributed by atoms with E-state index in [1.807, 2.05) is 11.3 Å². The predicted molar refractivity (Wildman–Crippen MR) is 212 cm³/mol. The molecule has 234 valence electrons. The molecule has 0 N–H and O–H groups in total. The van der Waals surface area contributed by atoms with Crippen LogP contribution in [0.4, 0.5) is 17.1 Å². The molecule has 2 heteroatoms. The summed E-state index contributed by atoms with van der Waals surface area (Å²) in [6, 6.07) is 61.9. The van der Waals surface area contributed by atoms with Crippen molar-refractivity contribution in [2.75, 3.05) is 4.90 Å². The second kappa shape index (κ2) is 11.8. The minimum Gasteiger partial charge on any atom is -0.311 e. The van der Waals surface area contributed by atoms with E-state index in [4.69, 9.17) is 0 Å². The topological polar surface area (TPSA) is 3.24 Å². The average molecular weight is 646 g/mol. The molecule has 0 spiro atoms. The Morgan fingerprint density at radius 1 is 0.449 bits per heavy atom. The zero-order chi connectivity index (χ0) is 33.0. The zero-order valence-corrected chi connectivity index (χ0v) is 28.4. The van der Waals surface area contributed by atoms with Crippen LogP contribution in [0.2, 0.25) is 0 Å². The van der Waals surface area contributed by atoms with Crippen LogP contribution in [0, 0.1) is 0 Å². The molecule has 0 atom stereocenters. The number of allylic oxidation sites excluding steroid dienone is 1.